The molecule has 42 heavy (non-hydrogen) atoms. The minimum atomic E-state index is -0.907. The summed E-state index contributed by atoms with van der Waals surface area (Å²) in [7, 11) is 0. The molecule has 2 rings (SSSR count). The monoisotopic (exact) mass is 579 g/mol. The van der Waals surface area contributed by atoms with Gasteiger partial charge in [0.1, 0.15) is 17.7 Å². The van der Waals surface area contributed by atoms with Crippen molar-refractivity contribution >= 4 is 23.6 Å². The SMILES string of the molecule is Cc1ccccc1C(C(=O)Nc1c(C)cccc1C)N(C(=O)C(CC(C)C)NC(=O)OC(C)(C)C)C(C)CCC(C)C. The summed E-state index contributed by atoms with van der Waals surface area (Å²) >= 11 is 0. The highest BCUT2D eigenvalue weighted by atomic mass is 16.6. The Labute approximate surface area is 253 Å². The molecule has 0 aliphatic carbocycles. The van der Waals surface area contributed by atoms with Crippen LogP contribution in [0.3, 0.4) is 0 Å². The zero-order valence-electron chi connectivity index (χ0n) is 27.6. The van der Waals surface area contributed by atoms with E-state index in [2.05, 4.69) is 24.5 Å². The molecule has 0 spiro atoms. The number of amides is 3. The van der Waals surface area contributed by atoms with E-state index in [9.17, 15) is 14.4 Å². The number of ether oxygens (including phenoxy) is 1. The van der Waals surface area contributed by atoms with Gasteiger partial charge in [0.15, 0.2) is 0 Å². The minimum absolute atomic E-state index is 0.113. The lowest BCUT2D eigenvalue weighted by molar-refractivity contribution is -0.144. The maximum atomic E-state index is 14.7. The third-order valence-corrected chi connectivity index (χ3v) is 7.33. The molecule has 7 nitrogen and oxygen atoms in total. The van der Waals surface area contributed by atoms with E-state index >= 15 is 0 Å². The molecule has 0 bridgehead atoms. The molecular formula is C35H53N3O4. The molecule has 0 radical (unpaired) electrons. The lowest BCUT2D eigenvalue weighted by Gasteiger charge is -2.39. The van der Waals surface area contributed by atoms with Gasteiger partial charge in [0.25, 0.3) is 5.91 Å². The van der Waals surface area contributed by atoms with Crippen LogP contribution in [0.5, 0.6) is 0 Å². The summed E-state index contributed by atoms with van der Waals surface area (Å²) in [4.78, 5) is 43.7. The van der Waals surface area contributed by atoms with Crippen LogP contribution in [0, 0.1) is 32.6 Å². The van der Waals surface area contributed by atoms with Gasteiger partial charge in [-0.1, -0.05) is 70.2 Å². The standard InChI is InChI=1S/C35H53N3O4/c1-22(2)19-20-27(8)38(33(40)29(21-23(3)4)36-34(41)42-35(9,10)11)31(28-18-13-12-15-24(28)5)32(39)37-30-25(6)16-14-17-26(30)7/h12-18,22-23,27,29,31H,19-21H2,1-11H3,(H,36,41)(H,37,39). The van der Waals surface area contributed by atoms with E-state index in [1.807, 2.05) is 84.0 Å². The number of carbonyl (C=O) groups excluding carboxylic acids is 3. The van der Waals surface area contributed by atoms with E-state index in [-0.39, 0.29) is 23.8 Å². The van der Waals surface area contributed by atoms with E-state index in [4.69, 9.17) is 4.74 Å². The highest BCUT2D eigenvalue weighted by molar-refractivity contribution is 6.00. The Morgan fingerprint density at radius 3 is 1.90 bits per heavy atom. The maximum Gasteiger partial charge on any atom is 0.408 e. The average molecular weight is 580 g/mol. The van der Waals surface area contributed by atoms with Crippen LogP contribution in [-0.4, -0.2) is 40.5 Å². The number of benzene rings is 2. The molecule has 232 valence electrons. The van der Waals surface area contributed by atoms with Crippen molar-refractivity contribution < 1.29 is 19.1 Å². The Kier molecular flexibility index (Phi) is 12.6. The molecule has 0 fully saturated rings. The normalized spacial score (nSPS) is 13.8. The van der Waals surface area contributed by atoms with Gasteiger partial charge >= 0.3 is 6.09 Å². The second-order valence-electron chi connectivity index (χ2n) is 13.4. The highest BCUT2D eigenvalue weighted by Gasteiger charge is 2.39. The van der Waals surface area contributed by atoms with Crippen molar-refractivity contribution in [3.63, 3.8) is 0 Å². The number of para-hydroxylation sites is 1. The van der Waals surface area contributed by atoms with Crippen molar-refractivity contribution in [2.24, 2.45) is 11.8 Å². The van der Waals surface area contributed by atoms with Gasteiger partial charge in [-0.05, 0) is 102 Å². The van der Waals surface area contributed by atoms with Crippen LogP contribution >= 0.6 is 0 Å². The quantitative estimate of drug-likeness (QED) is 0.268. The van der Waals surface area contributed by atoms with Crippen LogP contribution in [0.2, 0.25) is 0 Å². The number of anilines is 1. The molecule has 3 amide bonds. The number of hydrogen-bond acceptors (Lipinski definition) is 4. The average Bonchev–Trinajstić information content (AvgIpc) is 2.86. The fourth-order valence-corrected chi connectivity index (χ4v) is 5.15. The summed E-state index contributed by atoms with van der Waals surface area (Å²) in [6.45, 7) is 21.6. The third kappa shape index (κ3) is 10.2. The summed E-state index contributed by atoms with van der Waals surface area (Å²) in [6, 6.07) is 11.5. The summed E-state index contributed by atoms with van der Waals surface area (Å²) in [5.74, 6) is -0.0408. The second-order valence-corrected chi connectivity index (χ2v) is 13.4. The number of carbonyl (C=O) groups is 3. The van der Waals surface area contributed by atoms with Gasteiger partial charge in [-0.25, -0.2) is 4.79 Å². The molecule has 2 aromatic carbocycles. The number of aryl methyl sites for hydroxylation is 3. The van der Waals surface area contributed by atoms with E-state index in [1.54, 1.807) is 25.7 Å². The van der Waals surface area contributed by atoms with Gasteiger partial charge in [-0.2, -0.15) is 0 Å². The predicted molar refractivity (Wildman–Crippen MR) is 171 cm³/mol. The largest absolute Gasteiger partial charge is 0.444 e. The van der Waals surface area contributed by atoms with Gasteiger partial charge in [0.2, 0.25) is 5.91 Å². The van der Waals surface area contributed by atoms with Crippen molar-refractivity contribution in [1.29, 1.82) is 0 Å². The van der Waals surface area contributed by atoms with Gasteiger partial charge in [-0.3, -0.25) is 9.59 Å². The summed E-state index contributed by atoms with van der Waals surface area (Å²) in [5.41, 5.74) is 3.59. The minimum Gasteiger partial charge on any atom is -0.444 e. The fraction of sp³-hybridized carbons (Fsp3) is 0.571. The molecule has 2 N–H and O–H groups in total. The number of hydrogen-bond donors (Lipinski definition) is 2. The predicted octanol–water partition coefficient (Wildman–Crippen LogP) is 7.88. The van der Waals surface area contributed by atoms with Gasteiger partial charge in [-0.15, -0.1) is 0 Å². The smallest absolute Gasteiger partial charge is 0.408 e. The molecule has 2 aromatic rings. The third-order valence-electron chi connectivity index (χ3n) is 7.33. The van der Waals surface area contributed by atoms with Crippen LogP contribution in [-0.2, 0) is 14.3 Å². The molecule has 3 atom stereocenters. The van der Waals surface area contributed by atoms with Crippen LogP contribution in [0.4, 0.5) is 10.5 Å². The molecular weight excluding hydrogens is 526 g/mol. The highest BCUT2D eigenvalue weighted by Crippen LogP contribution is 2.32. The number of alkyl carbamates (subject to hydrolysis) is 1. The van der Waals surface area contributed by atoms with E-state index in [0.29, 0.717) is 18.8 Å². The zero-order valence-corrected chi connectivity index (χ0v) is 27.6. The second kappa shape index (κ2) is 15.2. The van der Waals surface area contributed by atoms with Crippen molar-refractivity contribution in [2.45, 2.75) is 119 Å². The Balaban J connectivity index is 2.69. The number of rotatable bonds is 12. The Morgan fingerprint density at radius 2 is 1.38 bits per heavy atom. The molecule has 0 heterocycles. The van der Waals surface area contributed by atoms with Crippen molar-refractivity contribution in [3.8, 4) is 0 Å². The molecule has 0 saturated heterocycles. The zero-order chi connectivity index (χ0) is 31.8. The van der Waals surface area contributed by atoms with Gasteiger partial charge in [0.05, 0.1) is 0 Å². The fourth-order valence-electron chi connectivity index (χ4n) is 5.15. The molecule has 0 aliphatic rings. The number of nitrogens with one attached hydrogen (secondary N) is 2. The first-order valence-electron chi connectivity index (χ1n) is 15.3. The van der Waals surface area contributed by atoms with Crippen LogP contribution in [0.15, 0.2) is 42.5 Å². The first kappa shape index (κ1) is 34.8. The Morgan fingerprint density at radius 1 is 0.810 bits per heavy atom. The van der Waals surface area contributed by atoms with Crippen LogP contribution < -0.4 is 10.6 Å². The molecule has 7 heteroatoms. The molecule has 0 saturated carbocycles. The van der Waals surface area contributed by atoms with E-state index in [1.165, 1.54) is 0 Å². The van der Waals surface area contributed by atoms with Crippen molar-refractivity contribution in [2.75, 3.05) is 5.32 Å². The van der Waals surface area contributed by atoms with Crippen molar-refractivity contribution in [3.05, 3.63) is 64.7 Å². The van der Waals surface area contributed by atoms with Crippen molar-refractivity contribution in [1.82, 2.24) is 10.2 Å². The van der Waals surface area contributed by atoms with Crippen LogP contribution in [0.25, 0.3) is 0 Å². The van der Waals surface area contributed by atoms with E-state index < -0.39 is 23.8 Å². The maximum absolute atomic E-state index is 14.7. The topological polar surface area (TPSA) is 87.7 Å². The first-order valence-corrected chi connectivity index (χ1v) is 15.3. The molecule has 0 aliphatic heterocycles. The molecule has 3 unspecified atom stereocenters. The lowest BCUT2D eigenvalue weighted by atomic mass is 9.93. The molecule has 0 aromatic heterocycles. The summed E-state index contributed by atoms with van der Waals surface area (Å²) in [6.07, 6.45) is 1.36. The van der Waals surface area contributed by atoms with Crippen LogP contribution in [0.1, 0.15) is 103 Å². The van der Waals surface area contributed by atoms with Gasteiger partial charge in [0, 0.05) is 11.7 Å². The van der Waals surface area contributed by atoms with Gasteiger partial charge < -0.3 is 20.3 Å². The summed E-state index contributed by atoms with van der Waals surface area (Å²) in [5, 5.41) is 6.01. The first-order chi connectivity index (χ1) is 19.5. The Hall–Kier alpha value is -3.35. The van der Waals surface area contributed by atoms with E-state index in [0.717, 1.165) is 34.4 Å². The lowest BCUT2D eigenvalue weighted by Crippen LogP contribution is -2.55. The number of nitrogens with zero attached hydrogens (tertiary/aromatic N) is 1. The Bertz CT molecular complexity index is 1190. The summed E-state index contributed by atoms with van der Waals surface area (Å²) < 4.78 is 5.54.